The molecule has 42 heavy (non-hydrogen) atoms. The highest BCUT2D eigenvalue weighted by Gasteiger charge is 2.40. The van der Waals surface area contributed by atoms with Crippen molar-refractivity contribution in [1.82, 2.24) is 15.0 Å². The molecule has 2 rings (SSSR count). The summed E-state index contributed by atoms with van der Waals surface area (Å²) >= 11 is 0. The average Bonchev–Trinajstić information content (AvgIpc) is 3.39. The Morgan fingerprint density at radius 3 is 1.45 bits per heavy atom. The molecule has 2 aliphatic rings. The van der Waals surface area contributed by atoms with Crippen LogP contribution in [0.25, 0.3) is 0 Å². The van der Waals surface area contributed by atoms with Crippen LogP contribution in [0.5, 0.6) is 0 Å². The van der Waals surface area contributed by atoms with E-state index in [0.717, 1.165) is 34.1 Å². The van der Waals surface area contributed by atoms with Crippen molar-refractivity contribution in [2.75, 3.05) is 13.1 Å². The van der Waals surface area contributed by atoms with E-state index in [0.29, 0.717) is 25.7 Å². The summed E-state index contributed by atoms with van der Waals surface area (Å²) in [5, 5.41) is -2.86. The zero-order valence-corrected chi connectivity index (χ0v) is 23.2. The van der Waals surface area contributed by atoms with Gasteiger partial charge >= 0.3 is 17.8 Å². The van der Waals surface area contributed by atoms with Crippen LogP contribution in [0.1, 0.15) is 57.8 Å². The van der Waals surface area contributed by atoms with Gasteiger partial charge in [0, 0.05) is 55.5 Å². The Kier molecular flexibility index (Phi) is 12.5. The van der Waals surface area contributed by atoms with Gasteiger partial charge in [0.2, 0.25) is 5.91 Å². The SMILES string of the molecule is NC(=O)CC(C(=O)N(OC(=O)CCCCCN1C(=O)C=CC1=O)OC(=O)CCCCCN1C(=O)C=CC1=O)S(=O)(=O)O. The normalized spacial score (nSPS) is 15.4. The number of imide groups is 2. The molecule has 0 radical (unpaired) electrons. The van der Waals surface area contributed by atoms with Gasteiger partial charge in [-0.1, -0.05) is 12.8 Å². The Hall–Kier alpha value is -4.45. The summed E-state index contributed by atoms with van der Waals surface area (Å²) in [4.78, 5) is 106. The topological polar surface area (TPSA) is 245 Å². The Bertz CT molecular complexity index is 1190. The molecule has 3 N–H and O–H groups in total. The number of rotatable bonds is 16. The number of nitrogens with two attached hydrogens (primary N) is 1. The number of carbonyl (C=O) groups excluding carboxylic acids is 8. The fourth-order valence-corrected chi connectivity index (χ4v) is 4.46. The van der Waals surface area contributed by atoms with Crippen LogP contribution in [0.15, 0.2) is 24.3 Å². The molecule has 0 saturated carbocycles. The molecule has 0 spiro atoms. The maximum Gasteiger partial charge on any atom is 0.336 e. The van der Waals surface area contributed by atoms with Crippen molar-refractivity contribution in [2.45, 2.75) is 63.0 Å². The van der Waals surface area contributed by atoms with Crippen LogP contribution in [-0.2, 0) is 58.1 Å². The third-order valence-corrected chi connectivity index (χ3v) is 6.98. The zero-order valence-electron chi connectivity index (χ0n) is 22.3. The molecule has 0 aromatic rings. The van der Waals surface area contributed by atoms with Crippen LogP contribution < -0.4 is 5.73 Å². The molecule has 0 saturated heterocycles. The monoisotopic (exact) mass is 614 g/mol. The van der Waals surface area contributed by atoms with E-state index in [1.165, 1.54) is 0 Å². The third kappa shape index (κ3) is 10.5. The predicted molar refractivity (Wildman–Crippen MR) is 137 cm³/mol. The Labute approximate surface area is 239 Å². The van der Waals surface area contributed by atoms with Crippen molar-refractivity contribution in [3.8, 4) is 0 Å². The number of hydroxylamine groups is 2. The number of primary amides is 1. The molecule has 230 valence electrons. The van der Waals surface area contributed by atoms with Crippen molar-refractivity contribution in [3.05, 3.63) is 24.3 Å². The quantitative estimate of drug-likeness (QED) is 0.0902. The number of carbonyl (C=O) groups is 8. The van der Waals surface area contributed by atoms with Gasteiger partial charge in [0.25, 0.3) is 33.7 Å². The second-order valence-corrected chi connectivity index (χ2v) is 10.7. The number of hydrogen-bond donors (Lipinski definition) is 2. The Morgan fingerprint density at radius 2 is 1.12 bits per heavy atom. The van der Waals surface area contributed by atoms with Crippen LogP contribution >= 0.6 is 0 Å². The zero-order chi connectivity index (χ0) is 31.4. The van der Waals surface area contributed by atoms with Gasteiger partial charge < -0.3 is 15.4 Å². The summed E-state index contributed by atoms with van der Waals surface area (Å²) in [6, 6.07) is 0. The molecule has 0 aromatic carbocycles. The summed E-state index contributed by atoms with van der Waals surface area (Å²) in [6.45, 7) is 0.208. The van der Waals surface area contributed by atoms with E-state index >= 15 is 0 Å². The highest BCUT2D eigenvalue weighted by Crippen LogP contribution is 2.15. The van der Waals surface area contributed by atoms with Crippen molar-refractivity contribution in [1.29, 1.82) is 0 Å². The standard InChI is InChI=1S/C24H30N4O13S/c25-17(29)15-16(42(37,38)39)24(36)28(40-22(34)7-3-1-5-13-26-18(30)9-10-19(26)31)41-23(35)8-4-2-6-14-27-20(32)11-12-21(27)33/h9-12,16H,1-8,13-15H2,(H2,25,29)(H,37,38,39). The minimum absolute atomic E-state index is 0.104. The highest BCUT2D eigenvalue weighted by atomic mass is 32.2. The van der Waals surface area contributed by atoms with Crippen molar-refractivity contribution < 1.29 is 61.0 Å². The molecule has 6 amide bonds. The smallest absolute Gasteiger partial charge is 0.336 e. The molecule has 17 nitrogen and oxygen atoms in total. The maximum atomic E-state index is 12.7. The Balaban J connectivity index is 1.90. The van der Waals surface area contributed by atoms with Gasteiger partial charge in [0.15, 0.2) is 5.25 Å². The molecule has 0 bridgehead atoms. The van der Waals surface area contributed by atoms with Gasteiger partial charge in [0.05, 0.1) is 6.42 Å². The van der Waals surface area contributed by atoms with Gasteiger partial charge in [-0.25, -0.2) is 9.59 Å². The lowest BCUT2D eigenvalue weighted by atomic mass is 10.2. The van der Waals surface area contributed by atoms with Crippen LogP contribution in [0.3, 0.4) is 0 Å². The molecule has 1 unspecified atom stereocenters. The van der Waals surface area contributed by atoms with Crippen molar-refractivity contribution >= 4 is 57.5 Å². The van der Waals surface area contributed by atoms with E-state index < -0.39 is 69.2 Å². The molecule has 1 atom stereocenters. The first kappa shape index (κ1) is 33.8. The van der Waals surface area contributed by atoms with Crippen LogP contribution in [0.4, 0.5) is 0 Å². The Morgan fingerprint density at radius 1 is 0.738 bits per heavy atom. The van der Waals surface area contributed by atoms with Crippen LogP contribution in [-0.4, -0.2) is 93.7 Å². The van der Waals surface area contributed by atoms with Gasteiger partial charge in [-0.05, 0) is 25.7 Å². The first-order valence-electron chi connectivity index (χ1n) is 12.8. The van der Waals surface area contributed by atoms with Crippen LogP contribution in [0, 0.1) is 0 Å². The number of nitrogens with zero attached hydrogens (tertiary/aromatic N) is 3. The molecular formula is C24H30N4O13S. The van der Waals surface area contributed by atoms with E-state index in [1.807, 2.05) is 0 Å². The van der Waals surface area contributed by atoms with Gasteiger partial charge in [0.1, 0.15) is 0 Å². The lowest BCUT2D eigenvalue weighted by Gasteiger charge is -2.22. The average molecular weight is 615 g/mol. The molecule has 0 aromatic heterocycles. The first-order chi connectivity index (χ1) is 19.7. The minimum Gasteiger partial charge on any atom is -0.370 e. The summed E-state index contributed by atoms with van der Waals surface area (Å²) in [5.74, 6) is -7.22. The second-order valence-electron chi connectivity index (χ2n) is 9.14. The molecular weight excluding hydrogens is 584 g/mol. The predicted octanol–water partition coefficient (Wildman–Crippen LogP) is -1.17. The van der Waals surface area contributed by atoms with Gasteiger partial charge in [-0.2, -0.15) is 8.42 Å². The lowest BCUT2D eigenvalue weighted by molar-refractivity contribution is -0.306. The van der Waals surface area contributed by atoms with Crippen molar-refractivity contribution in [3.63, 3.8) is 0 Å². The van der Waals surface area contributed by atoms with E-state index in [9.17, 15) is 51.3 Å². The second kappa shape index (κ2) is 15.5. The number of hydrogen-bond acceptors (Lipinski definition) is 12. The van der Waals surface area contributed by atoms with E-state index in [4.69, 9.17) is 15.4 Å². The molecule has 0 aliphatic carbocycles. The summed E-state index contributed by atoms with van der Waals surface area (Å²) < 4.78 is 32.8. The van der Waals surface area contributed by atoms with E-state index in [1.54, 1.807) is 0 Å². The first-order valence-corrected chi connectivity index (χ1v) is 14.3. The van der Waals surface area contributed by atoms with E-state index in [-0.39, 0.29) is 44.0 Å². The maximum absolute atomic E-state index is 12.7. The lowest BCUT2D eigenvalue weighted by Crippen LogP contribution is -2.46. The largest absolute Gasteiger partial charge is 0.370 e. The minimum atomic E-state index is -5.26. The van der Waals surface area contributed by atoms with Gasteiger partial charge in [-0.3, -0.25) is 43.1 Å². The highest BCUT2D eigenvalue weighted by molar-refractivity contribution is 7.87. The fourth-order valence-electron chi connectivity index (χ4n) is 3.74. The molecule has 0 fully saturated rings. The molecule has 2 heterocycles. The number of unbranched alkanes of at least 4 members (excludes halogenated alkanes) is 4. The summed E-state index contributed by atoms with van der Waals surface area (Å²) in [6.07, 6.45) is 4.18. The molecule has 18 heteroatoms. The summed E-state index contributed by atoms with van der Waals surface area (Å²) in [7, 11) is -5.26. The van der Waals surface area contributed by atoms with Crippen LogP contribution in [0.2, 0.25) is 0 Å². The van der Waals surface area contributed by atoms with Crippen molar-refractivity contribution in [2.24, 2.45) is 5.73 Å². The third-order valence-electron chi connectivity index (χ3n) is 5.90. The van der Waals surface area contributed by atoms with Gasteiger partial charge in [-0.15, -0.1) is 0 Å². The fraction of sp³-hybridized carbons (Fsp3) is 0.500. The summed E-state index contributed by atoms with van der Waals surface area (Å²) in [5.41, 5.74) is 4.94. The number of amides is 6. The molecule has 2 aliphatic heterocycles. The van der Waals surface area contributed by atoms with E-state index in [2.05, 4.69) is 0 Å².